The lowest BCUT2D eigenvalue weighted by atomic mass is 10.1. The van der Waals surface area contributed by atoms with Gasteiger partial charge in [-0.05, 0) is 25.0 Å². The minimum atomic E-state index is -0.879. The lowest BCUT2D eigenvalue weighted by molar-refractivity contribution is -0.134. The van der Waals surface area contributed by atoms with Crippen molar-refractivity contribution in [1.82, 2.24) is 0 Å². The maximum Gasteiger partial charge on any atom is 0.335 e. The van der Waals surface area contributed by atoms with Crippen molar-refractivity contribution in [2.45, 2.75) is 46.5 Å². The standard InChI is InChI=1S/C7H6O2.C6H10O.C2H4O2.C2H6/c8-7(9)6-4-2-1-3-5-6;7-5-6-3-1-2-4-6;1-2(3)4;1-2/h1-5H,(H,8,9);5-6H,1-4H2;1H3,(H,3,4);1-2H3. The molecule has 5 nitrogen and oxygen atoms in total. The molecular formula is C17H26O5. The largest absolute Gasteiger partial charge is 0.481 e. The predicted molar refractivity (Wildman–Crippen MR) is 86.1 cm³/mol. The smallest absolute Gasteiger partial charge is 0.335 e. The van der Waals surface area contributed by atoms with Crippen LogP contribution >= 0.6 is 0 Å². The van der Waals surface area contributed by atoms with Crippen molar-refractivity contribution in [3.05, 3.63) is 35.9 Å². The van der Waals surface area contributed by atoms with E-state index in [0.717, 1.165) is 26.1 Å². The van der Waals surface area contributed by atoms with E-state index in [1.165, 1.54) is 12.8 Å². The van der Waals surface area contributed by atoms with Gasteiger partial charge < -0.3 is 15.0 Å². The summed E-state index contributed by atoms with van der Waals surface area (Å²) in [6.45, 7) is 5.08. The highest BCUT2D eigenvalue weighted by atomic mass is 16.4. The number of hydrogen-bond donors (Lipinski definition) is 2. The Morgan fingerprint density at radius 2 is 1.45 bits per heavy atom. The molecule has 1 aliphatic rings. The molecule has 2 rings (SSSR count). The molecule has 124 valence electrons. The monoisotopic (exact) mass is 310 g/mol. The van der Waals surface area contributed by atoms with Crippen LogP contribution in [-0.4, -0.2) is 28.4 Å². The molecule has 0 heterocycles. The zero-order valence-corrected chi connectivity index (χ0v) is 13.5. The average molecular weight is 310 g/mol. The Bertz CT molecular complexity index is 404. The summed E-state index contributed by atoms with van der Waals surface area (Å²) in [5.41, 5.74) is 0.331. The van der Waals surface area contributed by atoms with E-state index in [0.29, 0.717) is 11.5 Å². The molecule has 0 aromatic heterocycles. The third-order valence-corrected chi connectivity index (χ3v) is 2.61. The maximum atomic E-state index is 10.2. The van der Waals surface area contributed by atoms with Gasteiger partial charge >= 0.3 is 5.97 Å². The van der Waals surface area contributed by atoms with E-state index >= 15 is 0 Å². The van der Waals surface area contributed by atoms with E-state index in [2.05, 4.69) is 0 Å². The van der Waals surface area contributed by atoms with Crippen molar-refractivity contribution in [3.8, 4) is 0 Å². The van der Waals surface area contributed by atoms with Crippen LogP contribution in [0.1, 0.15) is 56.8 Å². The van der Waals surface area contributed by atoms with E-state index in [9.17, 15) is 9.59 Å². The summed E-state index contributed by atoms with van der Waals surface area (Å²) in [6.07, 6.45) is 5.91. The van der Waals surface area contributed by atoms with E-state index in [-0.39, 0.29) is 0 Å². The Labute approximate surface area is 132 Å². The summed E-state index contributed by atoms with van der Waals surface area (Å²) in [5.74, 6) is -1.30. The van der Waals surface area contributed by atoms with Gasteiger partial charge in [0, 0.05) is 12.8 Å². The number of hydrogen-bond acceptors (Lipinski definition) is 3. The highest BCUT2D eigenvalue weighted by Gasteiger charge is 2.12. The zero-order valence-electron chi connectivity index (χ0n) is 13.5. The summed E-state index contributed by atoms with van der Waals surface area (Å²) in [4.78, 5) is 29.2. The van der Waals surface area contributed by atoms with Crippen LogP contribution in [0.25, 0.3) is 0 Å². The molecule has 0 unspecified atom stereocenters. The van der Waals surface area contributed by atoms with Crippen molar-refractivity contribution in [1.29, 1.82) is 0 Å². The van der Waals surface area contributed by atoms with Crippen LogP contribution in [0.3, 0.4) is 0 Å². The average Bonchev–Trinajstić information content (AvgIpc) is 3.04. The third-order valence-electron chi connectivity index (χ3n) is 2.61. The second kappa shape index (κ2) is 15.2. The molecule has 0 radical (unpaired) electrons. The molecule has 1 aromatic rings. The Morgan fingerprint density at radius 3 is 1.68 bits per heavy atom. The van der Waals surface area contributed by atoms with E-state index in [1.54, 1.807) is 30.3 Å². The Morgan fingerprint density at radius 1 is 1.05 bits per heavy atom. The van der Waals surface area contributed by atoms with Gasteiger partial charge in [-0.25, -0.2) is 4.79 Å². The summed E-state index contributed by atoms with van der Waals surface area (Å²) < 4.78 is 0. The van der Waals surface area contributed by atoms with Crippen LogP contribution in [0.5, 0.6) is 0 Å². The van der Waals surface area contributed by atoms with E-state index in [4.69, 9.17) is 15.0 Å². The molecule has 0 spiro atoms. The van der Waals surface area contributed by atoms with Gasteiger partial charge in [-0.2, -0.15) is 0 Å². The van der Waals surface area contributed by atoms with Crippen molar-refractivity contribution >= 4 is 18.2 Å². The van der Waals surface area contributed by atoms with E-state index < -0.39 is 11.9 Å². The van der Waals surface area contributed by atoms with Crippen LogP contribution < -0.4 is 0 Å². The van der Waals surface area contributed by atoms with Crippen LogP contribution in [0.2, 0.25) is 0 Å². The number of carbonyl (C=O) groups is 3. The second-order valence-electron chi connectivity index (χ2n) is 4.37. The molecular weight excluding hydrogens is 284 g/mol. The molecule has 0 saturated heterocycles. The van der Waals surface area contributed by atoms with Crippen molar-refractivity contribution in [2.75, 3.05) is 0 Å². The SMILES string of the molecule is CC.CC(=O)O.O=C(O)c1ccccc1.O=CC1CCCC1. The van der Waals surface area contributed by atoms with Crippen LogP contribution in [-0.2, 0) is 9.59 Å². The zero-order chi connectivity index (χ0) is 17.4. The summed E-state index contributed by atoms with van der Waals surface area (Å²) in [7, 11) is 0. The second-order valence-corrected chi connectivity index (χ2v) is 4.37. The molecule has 5 heteroatoms. The molecule has 0 atom stereocenters. The number of aliphatic carboxylic acids is 1. The van der Waals surface area contributed by atoms with E-state index in [1.807, 2.05) is 13.8 Å². The fourth-order valence-electron chi connectivity index (χ4n) is 1.67. The molecule has 0 amide bonds. The molecule has 1 aromatic carbocycles. The molecule has 1 saturated carbocycles. The van der Waals surface area contributed by atoms with Gasteiger partial charge in [0.2, 0.25) is 0 Å². The molecule has 22 heavy (non-hydrogen) atoms. The predicted octanol–water partition coefficient (Wildman–Crippen LogP) is 3.88. The highest BCUT2D eigenvalue weighted by molar-refractivity contribution is 5.87. The van der Waals surface area contributed by atoms with Crippen molar-refractivity contribution in [2.24, 2.45) is 5.92 Å². The highest BCUT2D eigenvalue weighted by Crippen LogP contribution is 2.21. The number of benzene rings is 1. The quantitative estimate of drug-likeness (QED) is 0.809. The Hall–Kier alpha value is -2.17. The van der Waals surface area contributed by atoms with Gasteiger partial charge in [0.05, 0.1) is 5.56 Å². The first-order valence-corrected chi connectivity index (χ1v) is 7.40. The molecule has 2 N–H and O–H groups in total. The molecule has 1 aliphatic carbocycles. The first-order valence-electron chi connectivity index (χ1n) is 7.40. The Balaban J connectivity index is 0. The van der Waals surface area contributed by atoms with Gasteiger partial charge in [0.1, 0.15) is 6.29 Å². The summed E-state index contributed by atoms with van der Waals surface area (Å²) >= 11 is 0. The minimum Gasteiger partial charge on any atom is -0.481 e. The van der Waals surface area contributed by atoms with Crippen molar-refractivity contribution in [3.63, 3.8) is 0 Å². The lowest BCUT2D eigenvalue weighted by Gasteiger charge is -1.90. The maximum absolute atomic E-state index is 10.2. The Kier molecular flexibility index (Phi) is 15.3. The number of carboxylic acid groups (broad SMARTS) is 2. The first kappa shape index (κ1) is 22.1. The fraction of sp³-hybridized carbons (Fsp3) is 0.471. The topological polar surface area (TPSA) is 91.7 Å². The number of rotatable bonds is 2. The molecule has 0 bridgehead atoms. The minimum absolute atomic E-state index is 0.331. The number of carboxylic acids is 2. The fourth-order valence-corrected chi connectivity index (χ4v) is 1.67. The van der Waals surface area contributed by atoms with Gasteiger partial charge in [-0.15, -0.1) is 0 Å². The van der Waals surface area contributed by atoms with Gasteiger partial charge in [-0.3, -0.25) is 4.79 Å². The lowest BCUT2D eigenvalue weighted by Crippen LogP contribution is -1.93. The normalized spacial score (nSPS) is 12.3. The number of carbonyl (C=O) groups excluding carboxylic acids is 1. The van der Waals surface area contributed by atoms with Gasteiger partial charge in [0.25, 0.3) is 5.97 Å². The summed E-state index contributed by atoms with van der Waals surface area (Å²) in [6, 6.07) is 8.30. The third kappa shape index (κ3) is 14.2. The van der Waals surface area contributed by atoms with Crippen LogP contribution in [0.4, 0.5) is 0 Å². The molecule has 1 fully saturated rings. The summed E-state index contributed by atoms with van der Waals surface area (Å²) in [5, 5.41) is 15.8. The van der Waals surface area contributed by atoms with Crippen LogP contribution in [0.15, 0.2) is 30.3 Å². The number of aldehydes is 1. The van der Waals surface area contributed by atoms with Crippen LogP contribution in [0, 0.1) is 5.92 Å². The van der Waals surface area contributed by atoms with Gasteiger partial charge in [-0.1, -0.05) is 44.9 Å². The first-order chi connectivity index (χ1) is 10.5. The van der Waals surface area contributed by atoms with Gasteiger partial charge in [0.15, 0.2) is 0 Å². The molecule has 0 aliphatic heterocycles. The number of aromatic carboxylic acids is 1. The van der Waals surface area contributed by atoms with Crippen molar-refractivity contribution < 1.29 is 24.6 Å².